The van der Waals surface area contributed by atoms with Crippen molar-refractivity contribution in [3.63, 3.8) is 0 Å². The van der Waals surface area contributed by atoms with Crippen molar-refractivity contribution in [2.24, 2.45) is 7.05 Å². The van der Waals surface area contributed by atoms with E-state index >= 15 is 0 Å². The number of nitrogens with zero attached hydrogens (tertiary/aromatic N) is 2. The lowest BCUT2D eigenvalue weighted by atomic mass is 10.00. The number of aromatic nitrogens is 2. The van der Waals surface area contributed by atoms with Crippen molar-refractivity contribution in [1.82, 2.24) is 9.78 Å². The molecule has 21 heavy (non-hydrogen) atoms. The molecule has 0 saturated heterocycles. The van der Waals surface area contributed by atoms with E-state index in [0.29, 0.717) is 5.92 Å². The number of benzene rings is 1. The molecule has 0 saturated carbocycles. The average molecular weight is 282 g/mol. The van der Waals surface area contributed by atoms with Crippen LogP contribution in [-0.4, -0.2) is 15.6 Å². The zero-order valence-corrected chi connectivity index (χ0v) is 13.3. The van der Waals surface area contributed by atoms with Gasteiger partial charge in [0.25, 0.3) is 0 Å². The largest absolute Gasteiger partial charge is 0.289 e. The molecule has 3 nitrogen and oxygen atoms in total. The molecule has 1 aromatic carbocycles. The van der Waals surface area contributed by atoms with Crippen LogP contribution in [0, 0.1) is 13.8 Å². The molecule has 0 amide bonds. The van der Waals surface area contributed by atoms with Crippen LogP contribution in [0.4, 0.5) is 0 Å². The van der Waals surface area contributed by atoms with Crippen molar-refractivity contribution in [3.8, 4) is 0 Å². The topological polar surface area (TPSA) is 34.9 Å². The molecule has 0 radical (unpaired) electrons. The number of hydrogen-bond acceptors (Lipinski definition) is 2. The Kier molecular flexibility index (Phi) is 4.41. The normalized spacial score (nSPS) is 11.5. The summed E-state index contributed by atoms with van der Waals surface area (Å²) < 4.78 is 1.83. The third-order valence-electron chi connectivity index (χ3n) is 3.83. The third-order valence-corrected chi connectivity index (χ3v) is 3.83. The Morgan fingerprint density at radius 1 is 1.19 bits per heavy atom. The van der Waals surface area contributed by atoms with Gasteiger partial charge < -0.3 is 0 Å². The highest BCUT2D eigenvalue weighted by molar-refractivity contribution is 6.06. The molecule has 0 aliphatic carbocycles. The smallest absolute Gasteiger partial charge is 0.185 e. The summed E-state index contributed by atoms with van der Waals surface area (Å²) in [5.74, 6) is 0.498. The Morgan fingerprint density at radius 3 is 2.29 bits per heavy atom. The first kappa shape index (κ1) is 15.2. The van der Waals surface area contributed by atoms with Crippen LogP contribution >= 0.6 is 0 Å². The van der Waals surface area contributed by atoms with Crippen LogP contribution in [0.15, 0.2) is 30.3 Å². The molecule has 0 aliphatic heterocycles. The SMILES string of the molecule is Cc1nn(C)c(C)c1/C=C/C(=O)c1ccc(C(C)C)cc1. The van der Waals surface area contributed by atoms with Gasteiger partial charge in [-0.1, -0.05) is 38.1 Å². The lowest BCUT2D eigenvalue weighted by Gasteiger charge is -2.05. The molecule has 0 aliphatic rings. The molecule has 2 rings (SSSR count). The van der Waals surface area contributed by atoms with E-state index in [4.69, 9.17) is 0 Å². The van der Waals surface area contributed by atoms with Crippen LogP contribution < -0.4 is 0 Å². The standard InChI is InChI=1S/C18H22N2O/c1-12(2)15-6-8-16(9-7-15)18(21)11-10-17-13(3)19-20(5)14(17)4/h6-12H,1-5H3/b11-10+. The maximum absolute atomic E-state index is 12.2. The summed E-state index contributed by atoms with van der Waals surface area (Å²) in [6.45, 7) is 8.24. The summed E-state index contributed by atoms with van der Waals surface area (Å²) in [6.07, 6.45) is 3.48. The predicted octanol–water partition coefficient (Wildman–Crippen LogP) is 4.06. The Bertz CT molecular complexity index is 676. The number of rotatable bonds is 4. The number of carbonyl (C=O) groups is 1. The maximum atomic E-state index is 12.2. The van der Waals surface area contributed by atoms with Crippen LogP contribution in [0.2, 0.25) is 0 Å². The summed E-state index contributed by atoms with van der Waals surface area (Å²) in [5.41, 5.74) is 4.98. The molecule has 0 atom stereocenters. The van der Waals surface area contributed by atoms with E-state index in [1.807, 2.05) is 55.9 Å². The van der Waals surface area contributed by atoms with E-state index in [-0.39, 0.29) is 5.78 Å². The molecule has 2 aromatic rings. The Hall–Kier alpha value is -2.16. The van der Waals surface area contributed by atoms with E-state index in [1.54, 1.807) is 6.08 Å². The monoisotopic (exact) mass is 282 g/mol. The van der Waals surface area contributed by atoms with Crippen molar-refractivity contribution < 1.29 is 4.79 Å². The summed E-state index contributed by atoms with van der Waals surface area (Å²) in [7, 11) is 1.91. The molecule has 110 valence electrons. The highest BCUT2D eigenvalue weighted by Gasteiger charge is 2.08. The van der Waals surface area contributed by atoms with Gasteiger partial charge in [-0.15, -0.1) is 0 Å². The second kappa shape index (κ2) is 6.08. The van der Waals surface area contributed by atoms with E-state index in [0.717, 1.165) is 22.5 Å². The summed E-state index contributed by atoms with van der Waals surface area (Å²) in [5, 5.41) is 4.35. The minimum atomic E-state index is 0.0213. The fourth-order valence-corrected chi connectivity index (χ4v) is 2.32. The number of aryl methyl sites for hydroxylation is 2. The maximum Gasteiger partial charge on any atom is 0.185 e. The summed E-state index contributed by atoms with van der Waals surface area (Å²) >= 11 is 0. The lowest BCUT2D eigenvalue weighted by molar-refractivity contribution is 0.104. The minimum absolute atomic E-state index is 0.0213. The first-order chi connectivity index (χ1) is 9.90. The van der Waals surface area contributed by atoms with Gasteiger partial charge in [0.1, 0.15) is 0 Å². The molecule has 3 heteroatoms. The van der Waals surface area contributed by atoms with Gasteiger partial charge in [-0.3, -0.25) is 9.48 Å². The fraction of sp³-hybridized carbons (Fsp3) is 0.333. The first-order valence-corrected chi connectivity index (χ1v) is 7.22. The number of carbonyl (C=O) groups excluding carboxylic acids is 1. The molecule has 0 unspecified atom stereocenters. The van der Waals surface area contributed by atoms with Gasteiger partial charge >= 0.3 is 0 Å². The number of hydrogen-bond donors (Lipinski definition) is 0. The van der Waals surface area contributed by atoms with Gasteiger partial charge in [-0.25, -0.2) is 0 Å². The number of ketones is 1. The van der Waals surface area contributed by atoms with Crippen LogP contribution in [0.5, 0.6) is 0 Å². The van der Waals surface area contributed by atoms with Crippen molar-refractivity contribution in [2.75, 3.05) is 0 Å². The lowest BCUT2D eigenvalue weighted by Crippen LogP contribution is -1.96. The van der Waals surface area contributed by atoms with Crippen molar-refractivity contribution in [1.29, 1.82) is 0 Å². The van der Waals surface area contributed by atoms with Crippen LogP contribution in [0.3, 0.4) is 0 Å². The van der Waals surface area contributed by atoms with Crippen molar-refractivity contribution in [2.45, 2.75) is 33.6 Å². The molecule has 1 heterocycles. The first-order valence-electron chi connectivity index (χ1n) is 7.22. The van der Waals surface area contributed by atoms with Gasteiger partial charge in [0.2, 0.25) is 0 Å². The highest BCUT2D eigenvalue weighted by Crippen LogP contribution is 2.17. The van der Waals surface area contributed by atoms with Gasteiger partial charge in [-0.05, 0) is 37.5 Å². The van der Waals surface area contributed by atoms with Crippen molar-refractivity contribution >= 4 is 11.9 Å². The van der Waals surface area contributed by atoms with Crippen LogP contribution in [0.25, 0.3) is 6.08 Å². The fourth-order valence-electron chi connectivity index (χ4n) is 2.32. The van der Waals surface area contributed by atoms with Gasteiger partial charge in [0.05, 0.1) is 5.69 Å². The minimum Gasteiger partial charge on any atom is -0.289 e. The van der Waals surface area contributed by atoms with E-state index in [2.05, 4.69) is 18.9 Å². The Labute approximate surface area is 126 Å². The van der Waals surface area contributed by atoms with E-state index in [9.17, 15) is 4.79 Å². The Morgan fingerprint density at radius 2 is 1.81 bits per heavy atom. The van der Waals surface area contributed by atoms with Gasteiger partial charge in [0, 0.05) is 23.9 Å². The van der Waals surface area contributed by atoms with Crippen LogP contribution in [-0.2, 0) is 7.05 Å². The quantitative estimate of drug-likeness (QED) is 0.626. The Balaban J connectivity index is 2.19. The zero-order valence-electron chi connectivity index (χ0n) is 13.3. The summed E-state index contributed by atoms with van der Waals surface area (Å²) in [4.78, 5) is 12.2. The molecule has 0 N–H and O–H groups in total. The molecule has 0 fully saturated rings. The van der Waals surface area contributed by atoms with Crippen LogP contribution in [0.1, 0.15) is 52.6 Å². The predicted molar refractivity (Wildman–Crippen MR) is 86.6 cm³/mol. The second-order valence-corrected chi connectivity index (χ2v) is 5.68. The molecule has 1 aromatic heterocycles. The molecule has 0 spiro atoms. The summed E-state index contributed by atoms with van der Waals surface area (Å²) in [6, 6.07) is 7.83. The van der Waals surface area contributed by atoms with E-state index < -0.39 is 0 Å². The van der Waals surface area contributed by atoms with E-state index in [1.165, 1.54) is 5.56 Å². The van der Waals surface area contributed by atoms with Crippen molar-refractivity contribution in [3.05, 3.63) is 58.4 Å². The average Bonchev–Trinajstić information content (AvgIpc) is 2.70. The third kappa shape index (κ3) is 3.30. The zero-order chi connectivity index (χ0) is 15.6. The molecular formula is C18H22N2O. The molecule has 0 bridgehead atoms. The number of allylic oxidation sites excluding steroid dienone is 1. The second-order valence-electron chi connectivity index (χ2n) is 5.68. The highest BCUT2D eigenvalue weighted by atomic mass is 16.1. The molecular weight excluding hydrogens is 260 g/mol. The van der Waals surface area contributed by atoms with Gasteiger partial charge in [0.15, 0.2) is 5.78 Å². The van der Waals surface area contributed by atoms with Gasteiger partial charge in [-0.2, -0.15) is 5.10 Å².